The molecule has 142 valence electrons. The lowest BCUT2D eigenvalue weighted by Gasteiger charge is -2.32. The lowest BCUT2D eigenvalue weighted by Crippen LogP contribution is -2.46. The van der Waals surface area contributed by atoms with Crippen molar-refractivity contribution in [1.82, 2.24) is 25.3 Å². The van der Waals surface area contributed by atoms with Gasteiger partial charge in [-0.2, -0.15) is 5.10 Å². The molecule has 1 aromatic heterocycles. The summed E-state index contributed by atoms with van der Waals surface area (Å²) in [6.45, 7) is 5.67. The Morgan fingerprint density at radius 1 is 1.15 bits per heavy atom. The minimum Gasteiger partial charge on any atom is -0.349 e. The number of carbonyl (C=O) groups excluding carboxylic acids is 2. The van der Waals surface area contributed by atoms with Crippen LogP contribution in [0.15, 0.2) is 30.5 Å². The van der Waals surface area contributed by atoms with Gasteiger partial charge in [-0.05, 0) is 31.9 Å². The molecule has 2 aliphatic rings. The Balaban J connectivity index is 1.33. The number of piperidine rings is 1. The fourth-order valence-electron chi connectivity index (χ4n) is 3.74. The van der Waals surface area contributed by atoms with Crippen LogP contribution in [-0.2, 0) is 13.1 Å². The van der Waals surface area contributed by atoms with Crippen molar-refractivity contribution in [2.24, 2.45) is 0 Å². The number of nitrogens with zero attached hydrogens (tertiary/aromatic N) is 3. The monoisotopic (exact) mass is 367 g/mol. The molecule has 0 bridgehead atoms. The fourth-order valence-corrected chi connectivity index (χ4v) is 3.74. The molecule has 2 aromatic rings. The highest BCUT2D eigenvalue weighted by Crippen LogP contribution is 2.17. The molecule has 0 atom stereocenters. The number of fused-ring (bicyclic) bond motifs is 1. The number of benzene rings is 1. The van der Waals surface area contributed by atoms with Crippen LogP contribution in [0.1, 0.15) is 44.8 Å². The zero-order valence-corrected chi connectivity index (χ0v) is 15.6. The highest BCUT2D eigenvalue weighted by molar-refractivity contribution is 5.95. The third-order valence-corrected chi connectivity index (χ3v) is 5.40. The van der Waals surface area contributed by atoms with Crippen LogP contribution in [0.25, 0.3) is 0 Å². The number of carbonyl (C=O) groups is 2. The van der Waals surface area contributed by atoms with Crippen LogP contribution in [0.5, 0.6) is 0 Å². The van der Waals surface area contributed by atoms with Crippen LogP contribution in [0.2, 0.25) is 0 Å². The molecule has 1 aromatic carbocycles. The van der Waals surface area contributed by atoms with Gasteiger partial charge in [-0.25, -0.2) is 0 Å². The Hall–Kier alpha value is -2.67. The summed E-state index contributed by atoms with van der Waals surface area (Å²) in [6.07, 6.45) is 3.20. The van der Waals surface area contributed by atoms with Crippen LogP contribution < -0.4 is 10.6 Å². The molecule has 2 amide bonds. The molecule has 0 saturated carbocycles. The standard InChI is InChI=1S/C20H25N5O2/c1-14-2-4-15(5-3-14)20(27)24-9-6-16(7-10-24)23-19(26)17-12-22-25-11-8-21-13-18(17)25/h2-5,12,16,21H,6-11,13H2,1H3,(H,23,26). The van der Waals surface area contributed by atoms with Crippen LogP contribution in [0.3, 0.4) is 0 Å². The Kier molecular flexibility index (Phi) is 4.94. The van der Waals surface area contributed by atoms with Crippen molar-refractivity contribution in [2.45, 2.75) is 38.9 Å². The van der Waals surface area contributed by atoms with Gasteiger partial charge in [0.1, 0.15) is 0 Å². The predicted octanol–water partition coefficient (Wildman–Crippen LogP) is 1.33. The van der Waals surface area contributed by atoms with Crippen LogP contribution in [0.4, 0.5) is 0 Å². The van der Waals surface area contributed by atoms with Gasteiger partial charge in [-0.15, -0.1) is 0 Å². The van der Waals surface area contributed by atoms with Gasteiger partial charge < -0.3 is 15.5 Å². The van der Waals surface area contributed by atoms with Gasteiger partial charge in [0.15, 0.2) is 0 Å². The molecule has 7 nitrogen and oxygen atoms in total. The Morgan fingerprint density at radius 2 is 1.89 bits per heavy atom. The molecule has 2 aliphatic heterocycles. The lowest BCUT2D eigenvalue weighted by atomic mass is 10.0. The van der Waals surface area contributed by atoms with Crippen LogP contribution >= 0.6 is 0 Å². The van der Waals surface area contributed by atoms with Crippen molar-refractivity contribution in [3.63, 3.8) is 0 Å². The summed E-state index contributed by atoms with van der Waals surface area (Å²) in [4.78, 5) is 27.1. The highest BCUT2D eigenvalue weighted by atomic mass is 16.2. The minimum absolute atomic E-state index is 0.0663. The summed E-state index contributed by atoms with van der Waals surface area (Å²) in [5.74, 6) is -0.000170. The second-order valence-electron chi connectivity index (χ2n) is 7.31. The molecule has 0 unspecified atom stereocenters. The second-order valence-corrected chi connectivity index (χ2v) is 7.31. The topological polar surface area (TPSA) is 79.3 Å². The lowest BCUT2D eigenvalue weighted by molar-refractivity contribution is 0.0698. The average Bonchev–Trinajstić information content (AvgIpc) is 3.13. The summed E-state index contributed by atoms with van der Waals surface area (Å²) in [5, 5.41) is 10.7. The maximum atomic E-state index is 12.6. The van der Waals surface area contributed by atoms with E-state index in [4.69, 9.17) is 0 Å². The van der Waals surface area contributed by atoms with E-state index >= 15 is 0 Å². The van der Waals surface area contributed by atoms with Crippen molar-refractivity contribution in [1.29, 1.82) is 0 Å². The van der Waals surface area contributed by atoms with Crippen molar-refractivity contribution in [2.75, 3.05) is 19.6 Å². The van der Waals surface area contributed by atoms with Gasteiger partial charge in [0.2, 0.25) is 0 Å². The molecular weight excluding hydrogens is 342 g/mol. The van der Waals surface area contributed by atoms with Crippen molar-refractivity contribution >= 4 is 11.8 Å². The van der Waals surface area contributed by atoms with E-state index in [1.54, 1.807) is 6.20 Å². The molecule has 0 aliphatic carbocycles. The zero-order valence-electron chi connectivity index (χ0n) is 15.6. The first-order chi connectivity index (χ1) is 13.1. The fraction of sp³-hybridized carbons (Fsp3) is 0.450. The van der Waals surface area contributed by atoms with E-state index in [0.717, 1.165) is 42.8 Å². The second kappa shape index (κ2) is 7.52. The Labute approximate surface area is 158 Å². The van der Waals surface area contributed by atoms with Crippen molar-refractivity contribution in [3.05, 3.63) is 52.8 Å². The van der Waals surface area contributed by atoms with Gasteiger partial charge in [-0.3, -0.25) is 14.3 Å². The largest absolute Gasteiger partial charge is 0.349 e. The summed E-state index contributed by atoms with van der Waals surface area (Å²) in [7, 11) is 0. The minimum atomic E-state index is -0.0664. The molecule has 1 fully saturated rings. The molecule has 0 radical (unpaired) electrons. The predicted molar refractivity (Wildman–Crippen MR) is 102 cm³/mol. The number of hydrogen-bond donors (Lipinski definition) is 2. The summed E-state index contributed by atoms with van der Waals surface area (Å²) in [6, 6.07) is 7.76. The Morgan fingerprint density at radius 3 is 2.63 bits per heavy atom. The van der Waals surface area contributed by atoms with Gasteiger partial charge >= 0.3 is 0 Å². The van der Waals surface area contributed by atoms with Crippen molar-refractivity contribution in [3.8, 4) is 0 Å². The smallest absolute Gasteiger partial charge is 0.255 e. The van der Waals surface area contributed by atoms with E-state index in [-0.39, 0.29) is 17.9 Å². The number of rotatable bonds is 3. The van der Waals surface area contributed by atoms with E-state index in [0.29, 0.717) is 25.2 Å². The Bertz CT molecular complexity index is 835. The third-order valence-electron chi connectivity index (χ3n) is 5.40. The normalized spacial score (nSPS) is 17.4. The molecule has 7 heteroatoms. The summed E-state index contributed by atoms with van der Waals surface area (Å²) in [5.41, 5.74) is 3.47. The maximum Gasteiger partial charge on any atom is 0.255 e. The van der Waals surface area contributed by atoms with Crippen molar-refractivity contribution < 1.29 is 9.59 Å². The molecule has 3 heterocycles. The van der Waals surface area contributed by atoms with Crippen LogP contribution in [-0.4, -0.2) is 52.2 Å². The summed E-state index contributed by atoms with van der Waals surface area (Å²) < 4.78 is 1.90. The molecule has 0 spiro atoms. The van der Waals surface area contributed by atoms with E-state index in [1.807, 2.05) is 40.8 Å². The number of nitrogens with one attached hydrogen (secondary N) is 2. The number of amides is 2. The molecular formula is C20H25N5O2. The number of aryl methyl sites for hydroxylation is 1. The average molecular weight is 367 g/mol. The zero-order chi connectivity index (χ0) is 18.8. The number of aromatic nitrogens is 2. The van der Waals surface area contributed by atoms with E-state index in [9.17, 15) is 9.59 Å². The van der Waals surface area contributed by atoms with E-state index in [2.05, 4.69) is 15.7 Å². The van der Waals surface area contributed by atoms with Crippen LogP contribution in [0, 0.1) is 6.92 Å². The first-order valence-corrected chi connectivity index (χ1v) is 9.54. The quantitative estimate of drug-likeness (QED) is 0.858. The molecule has 1 saturated heterocycles. The third kappa shape index (κ3) is 3.73. The first kappa shape index (κ1) is 17.7. The molecule has 4 rings (SSSR count). The van der Waals surface area contributed by atoms with E-state index < -0.39 is 0 Å². The number of hydrogen-bond acceptors (Lipinski definition) is 4. The molecule has 2 N–H and O–H groups in total. The maximum absolute atomic E-state index is 12.6. The SMILES string of the molecule is Cc1ccc(C(=O)N2CCC(NC(=O)c3cnn4c3CNCC4)CC2)cc1. The molecule has 27 heavy (non-hydrogen) atoms. The van der Waals surface area contributed by atoms with Gasteiger partial charge in [0, 0.05) is 37.8 Å². The first-order valence-electron chi connectivity index (χ1n) is 9.54. The summed E-state index contributed by atoms with van der Waals surface area (Å²) >= 11 is 0. The van der Waals surface area contributed by atoms with E-state index in [1.165, 1.54) is 0 Å². The highest BCUT2D eigenvalue weighted by Gasteiger charge is 2.26. The number of likely N-dealkylation sites (tertiary alicyclic amines) is 1. The van der Waals surface area contributed by atoms with Gasteiger partial charge in [-0.1, -0.05) is 17.7 Å². The van der Waals surface area contributed by atoms with Gasteiger partial charge in [0.25, 0.3) is 11.8 Å². The van der Waals surface area contributed by atoms with Gasteiger partial charge in [0.05, 0.1) is 24.0 Å².